The molecule has 0 bridgehead atoms. The monoisotopic (exact) mass is 252 g/mol. The summed E-state index contributed by atoms with van der Waals surface area (Å²) in [5.74, 6) is 0. The van der Waals surface area contributed by atoms with Gasteiger partial charge in [0.05, 0.1) is 18.3 Å². The number of rotatable bonds is 7. The molecule has 0 amide bonds. The number of methoxy groups -OCH3 is 1. The van der Waals surface area contributed by atoms with Gasteiger partial charge in [-0.15, -0.1) is 0 Å². The predicted octanol–water partition coefficient (Wildman–Crippen LogP) is 0.839. The van der Waals surface area contributed by atoms with Crippen LogP contribution in [0.5, 0.6) is 0 Å². The third kappa shape index (κ3) is 2.91. The van der Waals surface area contributed by atoms with Gasteiger partial charge in [-0.2, -0.15) is 5.10 Å². The lowest BCUT2D eigenvalue weighted by atomic mass is 10.1. The van der Waals surface area contributed by atoms with Crippen molar-refractivity contribution in [1.29, 1.82) is 0 Å². The van der Waals surface area contributed by atoms with Crippen LogP contribution in [0.3, 0.4) is 0 Å². The van der Waals surface area contributed by atoms with Gasteiger partial charge in [-0.25, -0.2) is 0 Å². The second-order valence-corrected chi connectivity index (χ2v) is 5.06. The predicted molar refractivity (Wildman–Crippen MR) is 71.3 cm³/mol. The van der Waals surface area contributed by atoms with Crippen LogP contribution in [0.2, 0.25) is 0 Å². The molecule has 1 unspecified atom stereocenters. The van der Waals surface area contributed by atoms with Gasteiger partial charge in [0, 0.05) is 45.0 Å². The highest BCUT2D eigenvalue weighted by atomic mass is 16.5. The number of ether oxygens (including phenoxy) is 1. The lowest BCUT2D eigenvalue weighted by Gasteiger charge is -2.30. The van der Waals surface area contributed by atoms with E-state index in [2.05, 4.69) is 23.1 Å². The molecule has 1 atom stereocenters. The van der Waals surface area contributed by atoms with Gasteiger partial charge in [0.2, 0.25) is 0 Å². The first-order valence-corrected chi connectivity index (χ1v) is 6.62. The van der Waals surface area contributed by atoms with E-state index in [1.165, 1.54) is 18.4 Å². The molecule has 1 aliphatic rings. The van der Waals surface area contributed by atoms with Crippen molar-refractivity contribution in [3.63, 3.8) is 0 Å². The molecule has 0 aliphatic heterocycles. The van der Waals surface area contributed by atoms with Crippen molar-refractivity contribution in [2.45, 2.75) is 31.8 Å². The van der Waals surface area contributed by atoms with Crippen LogP contribution < -0.4 is 5.73 Å². The molecule has 1 saturated carbocycles. The Morgan fingerprint density at radius 1 is 1.61 bits per heavy atom. The lowest BCUT2D eigenvalue weighted by Crippen LogP contribution is -2.37. The third-order valence-electron chi connectivity index (χ3n) is 3.60. The largest absolute Gasteiger partial charge is 0.383 e. The van der Waals surface area contributed by atoms with E-state index in [1.54, 1.807) is 7.11 Å². The first-order valence-electron chi connectivity index (χ1n) is 6.62. The van der Waals surface area contributed by atoms with E-state index in [1.807, 2.05) is 11.7 Å². The van der Waals surface area contributed by atoms with Crippen LogP contribution in [-0.4, -0.2) is 47.5 Å². The zero-order valence-corrected chi connectivity index (χ0v) is 11.6. The van der Waals surface area contributed by atoms with Crippen molar-refractivity contribution >= 4 is 0 Å². The van der Waals surface area contributed by atoms with E-state index < -0.39 is 0 Å². The summed E-state index contributed by atoms with van der Waals surface area (Å²) in [6.45, 7) is 4.38. The maximum absolute atomic E-state index is 6.00. The summed E-state index contributed by atoms with van der Waals surface area (Å²) < 4.78 is 7.08. The molecule has 5 nitrogen and oxygen atoms in total. The number of nitrogens with zero attached hydrogens (tertiary/aromatic N) is 3. The topological polar surface area (TPSA) is 56.3 Å². The fraction of sp³-hybridized carbons (Fsp3) is 0.769. The second-order valence-electron chi connectivity index (χ2n) is 5.06. The molecule has 2 rings (SSSR count). The molecular formula is C13H24N4O. The van der Waals surface area contributed by atoms with Gasteiger partial charge in [0.15, 0.2) is 0 Å². The second kappa shape index (κ2) is 5.82. The van der Waals surface area contributed by atoms with Crippen molar-refractivity contribution in [3.05, 3.63) is 17.5 Å². The maximum atomic E-state index is 6.00. The van der Waals surface area contributed by atoms with Gasteiger partial charge < -0.3 is 10.5 Å². The summed E-state index contributed by atoms with van der Waals surface area (Å²) in [4.78, 5) is 2.48. The van der Waals surface area contributed by atoms with E-state index in [0.717, 1.165) is 18.8 Å². The fourth-order valence-electron chi connectivity index (χ4n) is 2.58. The van der Waals surface area contributed by atoms with Gasteiger partial charge in [-0.1, -0.05) is 0 Å². The number of hydrogen-bond acceptors (Lipinski definition) is 4. The summed E-state index contributed by atoms with van der Waals surface area (Å²) in [5, 5.41) is 4.43. The van der Waals surface area contributed by atoms with Crippen LogP contribution in [-0.2, 0) is 11.8 Å². The number of nitrogens with two attached hydrogens (primary N) is 1. The quantitative estimate of drug-likeness (QED) is 0.781. The van der Waals surface area contributed by atoms with Gasteiger partial charge in [0.25, 0.3) is 0 Å². The molecule has 0 radical (unpaired) electrons. The minimum Gasteiger partial charge on any atom is -0.383 e. The molecule has 1 fully saturated rings. The van der Waals surface area contributed by atoms with Crippen LogP contribution in [0.1, 0.15) is 30.1 Å². The van der Waals surface area contributed by atoms with E-state index in [9.17, 15) is 0 Å². The molecule has 2 N–H and O–H groups in total. The maximum Gasteiger partial charge on any atom is 0.0641 e. The summed E-state index contributed by atoms with van der Waals surface area (Å²) in [6, 6.07) is 0.939. The minimum absolute atomic E-state index is 0.265. The van der Waals surface area contributed by atoms with Crippen LogP contribution in [0.25, 0.3) is 0 Å². The fourth-order valence-corrected chi connectivity index (χ4v) is 2.58. The summed E-state index contributed by atoms with van der Waals surface area (Å²) in [5.41, 5.74) is 8.33. The Labute approximate surface area is 109 Å². The van der Waals surface area contributed by atoms with Crippen LogP contribution in [0.15, 0.2) is 6.20 Å². The Balaban J connectivity index is 2.16. The lowest BCUT2D eigenvalue weighted by molar-refractivity contribution is 0.115. The van der Waals surface area contributed by atoms with Gasteiger partial charge in [-0.3, -0.25) is 9.58 Å². The highest BCUT2D eigenvalue weighted by molar-refractivity contribution is 5.21. The van der Waals surface area contributed by atoms with E-state index in [-0.39, 0.29) is 6.04 Å². The molecule has 0 aromatic carbocycles. The standard InChI is InChI=1S/C13H24N4O/c1-10-12(9-16(2)15-10)13(8-14)17(6-7-18-3)11-4-5-11/h9,11,13H,4-8,14H2,1-3H3. The third-order valence-corrected chi connectivity index (χ3v) is 3.60. The Morgan fingerprint density at radius 3 is 2.78 bits per heavy atom. The van der Waals surface area contributed by atoms with E-state index >= 15 is 0 Å². The summed E-state index contributed by atoms with van der Waals surface area (Å²) in [6.07, 6.45) is 4.65. The molecule has 0 spiro atoms. The van der Waals surface area contributed by atoms with Gasteiger partial charge in [-0.05, 0) is 19.8 Å². The number of aromatic nitrogens is 2. The smallest absolute Gasteiger partial charge is 0.0641 e. The Bertz CT molecular complexity index is 386. The number of hydrogen-bond donors (Lipinski definition) is 1. The zero-order valence-electron chi connectivity index (χ0n) is 11.6. The molecule has 1 aromatic heterocycles. The van der Waals surface area contributed by atoms with Crippen molar-refractivity contribution in [3.8, 4) is 0 Å². The molecule has 1 aromatic rings. The zero-order chi connectivity index (χ0) is 13.1. The van der Waals surface area contributed by atoms with E-state index in [0.29, 0.717) is 12.6 Å². The normalized spacial score (nSPS) is 17.4. The summed E-state index contributed by atoms with van der Waals surface area (Å²) >= 11 is 0. The molecular weight excluding hydrogens is 228 g/mol. The molecule has 1 aliphatic carbocycles. The van der Waals surface area contributed by atoms with Crippen LogP contribution in [0.4, 0.5) is 0 Å². The highest BCUT2D eigenvalue weighted by Crippen LogP contribution is 2.34. The molecule has 5 heteroatoms. The highest BCUT2D eigenvalue weighted by Gasteiger charge is 2.34. The first-order chi connectivity index (χ1) is 8.67. The van der Waals surface area contributed by atoms with Crippen molar-refractivity contribution in [1.82, 2.24) is 14.7 Å². The van der Waals surface area contributed by atoms with E-state index in [4.69, 9.17) is 10.5 Å². The van der Waals surface area contributed by atoms with Crippen molar-refractivity contribution < 1.29 is 4.74 Å². The van der Waals surface area contributed by atoms with Crippen molar-refractivity contribution in [2.24, 2.45) is 12.8 Å². The van der Waals surface area contributed by atoms with Crippen molar-refractivity contribution in [2.75, 3.05) is 26.8 Å². The Hall–Kier alpha value is -0.910. The molecule has 18 heavy (non-hydrogen) atoms. The average Bonchev–Trinajstić information content (AvgIpc) is 3.11. The summed E-state index contributed by atoms with van der Waals surface area (Å²) in [7, 11) is 3.71. The van der Waals surface area contributed by atoms with Crippen LogP contribution >= 0.6 is 0 Å². The molecule has 0 saturated heterocycles. The molecule has 1 heterocycles. The van der Waals surface area contributed by atoms with Crippen LogP contribution in [0, 0.1) is 6.92 Å². The SMILES string of the molecule is COCCN(C1CC1)C(CN)c1cn(C)nc1C. The minimum atomic E-state index is 0.265. The van der Waals surface area contributed by atoms with Gasteiger partial charge >= 0.3 is 0 Å². The Morgan fingerprint density at radius 2 is 2.33 bits per heavy atom. The van der Waals surface area contributed by atoms with Gasteiger partial charge in [0.1, 0.15) is 0 Å². The Kier molecular flexibility index (Phi) is 4.37. The molecule has 102 valence electrons. The average molecular weight is 252 g/mol. The number of aryl methyl sites for hydroxylation is 2. The first kappa shape index (κ1) is 13.5.